The Hall–Kier alpha value is -4.34. The molecule has 0 radical (unpaired) electrons. The number of benzene rings is 4. The highest BCUT2D eigenvalue weighted by Crippen LogP contribution is 2.35. The normalized spacial score (nSPS) is 21.2. The summed E-state index contributed by atoms with van der Waals surface area (Å²) < 4.78 is 24.8. The number of para-hydroxylation sites is 2. The minimum atomic E-state index is -0.247. The van der Waals surface area contributed by atoms with E-state index < -0.39 is 0 Å². The third kappa shape index (κ3) is 6.79. The van der Waals surface area contributed by atoms with E-state index in [-0.39, 0.29) is 18.0 Å². The monoisotopic (exact) mass is 656 g/mol. The summed E-state index contributed by atoms with van der Waals surface area (Å²) in [6, 6.07) is 29.5. The van der Waals surface area contributed by atoms with Crippen molar-refractivity contribution in [3.8, 4) is 0 Å². The Balaban J connectivity index is 0.788. The zero-order valence-electron chi connectivity index (χ0n) is 28.3. The quantitative estimate of drug-likeness (QED) is 0.112. The van der Waals surface area contributed by atoms with Gasteiger partial charge in [0.25, 0.3) is 0 Å². The van der Waals surface area contributed by atoms with Gasteiger partial charge < -0.3 is 29.6 Å². The standard InChI is InChI=1S/C41H44N4O4/c1-27-15-17-35-31(21-27)39(29-9-3-5-11-33(29)44-35)42-19-7-13-37-46-23-41(24-47-37)25-48-38(49-26-41)14-8-20-43-40-30-10-4-6-12-34(30)45-36-18-16-28(2)22-32(36)40/h3-6,9-12,15-18,21-22,37-38H,7-8,13-14,19-20,23-26H2,1-2H3,(H,42,44)(H,43,45). The van der Waals surface area contributed by atoms with Gasteiger partial charge in [-0.2, -0.15) is 0 Å². The van der Waals surface area contributed by atoms with Crippen LogP contribution in [0, 0.1) is 19.3 Å². The Labute approximate surface area is 287 Å². The number of fused-ring (bicyclic) bond motifs is 4. The highest BCUT2D eigenvalue weighted by Gasteiger charge is 2.41. The maximum absolute atomic E-state index is 6.21. The number of aromatic nitrogens is 2. The van der Waals surface area contributed by atoms with Crippen molar-refractivity contribution >= 4 is 55.0 Å². The minimum absolute atomic E-state index is 0.214. The van der Waals surface area contributed by atoms with Gasteiger partial charge in [-0.1, -0.05) is 59.7 Å². The van der Waals surface area contributed by atoms with Crippen molar-refractivity contribution in [1.29, 1.82) is 0 Å². The number of rotatable bonds is 10. The van der Waals surface area contributed by atoms with Crippen LogP contribution in [0.1, 0.15) is 36.8 Å². The zero-order valence-corrected chi connectivity index (χ0v) is 28.3. The molecule has 0 saturated carbocycles. The van der Waals surface area contributed by atoms with Crippen LogP contribution in [0.4, 0.5) is 11.4 Å². The van der Waals surface area contributed by atoms with Crippen LogP contribution >= 0.6 is 0 Å². The van der Waals surface area contributed by atoms with Crippen molar-refractivity contribution < 1.29 is 18.9 Å². The molecular formula is C41H44N4O4. The third-order valence-electron chi connectivity index (χ3n) is 9.81. The van der Waals surface area contributed by atoms with Crippen LogP contribution in [-0.4, -0.2) is 62.1 Å². The first-order valence-electron chi connectivity index (χ1n) is 17.6. The van der Waals surface area contributed by atoms with Crippen molar-refractivity contribution in [3.63, 3.8) is 0 Å². The summed E-state index contributed by atoms with van der Waals surface area (Å²) in [6.45, 7) is 8.22. The molecule has 8 rings (SSSR count). The van der Waals surface area contributed by atoms with Gasteiger partial charge in [-0.05, 0) is 63.1 Å². The summed E-state index contributed by atoms with van der Waals surface area (Å²) in [7, 11) is 0. The van der Waals surface area contributed by atoms with Crippen LogP contribution in [0.3, 0.4) is 0 Å². The second-order valence-electron chi connectivity index (χ2n) is 13.8. The molecule has 2 N–H and O–H groups in total. The van der Waals surface area contributed by atoms with E-state index in [9.17, 15) is 0 Å². The number of anilines is 2. The van der Waals surface area contributed by atoms with Gasteiger partial charge in [0.05, 0.1) is 65.3 Å². The van der Waals surface area contributed by atoms with E-state index in [0.29, 0.717) is 26.4 Å². The van der Waals surface area contributed by atoms with E-state index in [2.05, 4.69) is 97.3 Å². The lowest BCUT2D eigenvalue weighted by molar-refractivity contribution is -0.304. The summed E-state index contributed by atoms with van der Waals surface area (Å²) >= 11 is 0. The van der Waals surface area contributed by atoms with Gasteiger partial charge in [-0.25, -0.2) is 9.97 Å². The molecule has 2 aromatic heterocycles. The van der Waals surface area contributed by atoms with E-state index in [4.69, 9.17) is 28.9 Å². The second kappa shape index (κ2) is 13.9. The van der Waals surface area contributed by atoms with Crippen LogP contribution in [0.25, 0.3) is 43.6 Å². The lowest BCUT2D eigenvalue weighted by atomic mass is 9.90. The predicted octanol–water partition coefficient (Wildman–Crippen LogP) is 8.52. The third-order valence-corrected chi connectivity index (χ3v) is 9.81. The molecule has 2 aliphatic rings. The molecule has 1 spiro atoms. The number of hydrogen-bond donors (Lipinski definition) is 2. The summed E-state index contributed by atoms with van der Waals surface area (Å²) in [4.78, 5) is 9.74. The highest BCUT2D eigenvalue weighted by molar-refractivity contribution is 6.08. The number of aryl methyl sites for hydroxylation is 2. The fourth-order valence-electron chi connectivity index (χ4n) is 7.11. The molecule has 0 bridgehead atoms. The van der Waals surface area contributed by atoms with Crippen LogP contribution in [0.2, 0.25) is 0 Å². The molecule has 2 aliphatic heterocycles. The Morgan fingerprint density at radius 3 is 1.41 bits per heavy atom. The van der Waals surface area contributed by atoms with Crippen LogP contribution in [0.15, 0.2) is 84.9 Å². The van der Waals surface area contributed by atoms with Crippen LogP contribution in [-0.2, 0) is 18.9 Å². The summed E-state index contributed by atoms with van der Waals surface area (Å²) in [5.41, 5.74) is 8.52. The van der Waals surface area contributed by atoms with Gasteiger partial charge >= 0.3 is 0 Å². The fraction of sp³-hybridized carbons (Fsp3) is 0.366. The first kappa shape index (κ1) is 31.9. The summed E-state index contributed by atoms with van der Waals surface area (Å²) in [5.74, 6) is 0. The molecule has 0 unspecified atom stereocenters. The first-order chi connectivity index (χ1) is 24.0. The Morgan fingerprint density at radius 2 is 0.959 bits per heavy atom. The van der Waals surface area contributed by atoms with Gasteiger partial charge in [-0.3, -0.25) is 0 Å². The molecule has 4 heterocycles. The molecule has 0 atom stereocenters. The van der Waals surface area contributed by atoms with E-state index in [1.54, 1.807) is 0 Å². The van der Waals surface area contributed by atoms with E-state index in [1.165, 1.54) is 11.1 Å². The smallest absolute Gasteiger partial charge is 0.157 e. The van der Waals surface area contributed by atoms with Crippen molar-refractivity contribution in [3.05, 3.63) is 96.1 Å². The molecule has 252 valence electrons. The molecule has 2 saturated heterocycles. The largest absolute Gasteiger partial charge is 0.384 e. The van der Waals surface area contributed by atoms with Crippen molar-refractivity contribution in [2.45, 2.75) is 52.1 Å². The zero-order chi connectivity index (χ0) is 33.2. The van der Waals surface area contributed by atoms with Gasteiger partial charge in [0.1, 0.15) is 0 Å². The predicted molar refractivity (Wildman–Crippen MR) is 197 cm³/mol. The molecule has 0 aliphatic carbocycles. The van der Waals surface area contributed by atoms with Crippen LogP contribution < -0.4 is 10.6 Å². The van der Waals surface area contributed by atoms with Crippen molar-refractivity contribution in [2.24, 2.45) is 5.41 Å². The molecule has 2 fully saturated rings. The number of ether oxygens (including phenoxy) is 4. The average Bonchev–Trinajstić information content (AvgIpc) is 3.13. The van der Waals surface area contributed by atoms with E-state index in [0.717, 1.165) is 93.8 Å². The lowest BCUT2D eigenvalue weighted by Gasteiger charge is -2.43. The van der Waals surface area contributed by atoms with Gasteiger partial charge in [0.15, 0.2) is 12.6 Å². The molecule has 8 nitrogen and oxygen atoms in total. The Morgan fingerprint density at radius 1 is 0.551 bits per heavy atom. The fourth-order valence-corrected chi connectivity index (χ4v) is 7.11. The minimum Gasteiger partial charge on any atom is -0.384 e. The molecular weight excluding hydrogens is 612 g/mol. The maximum Gasteiger partial charge on any atom is 0.157 e. The number of pyridine rings is 2. The number of hydrogen-bond acceptors (Lipinski definition) is 8. The number of nitrogens with one attached hydrogen (secondary N) is 2. The van der Waals surface area contributed by atoms with Crippen molar-refractivity contribution in [1.82, 2.24) is 9.97 Å². The SMILES string of the molecule is Cc1ccc2nc3ccccc3c(NCCCC3OCC4(CO3)COC(CCCNc3c5ccccc5nc5ccc(C)cc35)OC4)c2c1. The van der Waals surface area contributed by atoms with Crippen LogP contribution in [0.5, 0.6) is 0 Å². The maximum atomic E-state index is 6.21. The Bertz CT molecular complexity index is 1950. The van der Waals surface area contributed by atoms with Crippen molar-refractivity contribution in [2.75, 3.05) is 50.2 Å². The molecule has 49 heavy (non-hydrogen) atoms. The highest BCUT2D eigenvalue weighted by atomic mass is 16.7. The molecule has 0 amide bonds. The second-order valence-corrected chi connectivity index (χ2v) is 13.8. The molecule has 4 aromatic carbocycles. The Kier molecular flexibility index (Phi) is 9.04. The average molecular weight is 657 g/mol. The molecule has 8 heteroatoms. The molecule has 6 aromatic rings. The summed E-state index contributed by atoms with van der Waals surface area (Å²) in [5, 5.41) is 12.0. The van der Waals surface area contributed by atoms with E-state index in [1.807, 2.05) is 12.1 Å². The van der Waals surface area contributed by atoms with Gasteiger partial charge in [0.2, 0.25) is 0 Å². The first-order valence-corrected chi connectivity index (χ1v) is 17.6. The van der Waals surface area contributed by atoms with Gasteiger partial charge in [0, 0.05) is 47.5 Å². The van der Waals surface area contributed by atoms with E-state index >= 15 is 0 Å². The summed E-state index contributed by atoms with van der Waals surface area (Å²) in [6.07, 6.45) is 3.07. The van der Waals surface area contributed by atoms with Gasteiger partial charge in [-0.15, -0.1) is 0 Å². The number of nitrogens with zero attached hydrogens (tertiary/aromatic N) is 2. The topological polar surface area (TPSA) is 86.8 Å². The lowest BCUT2D eigenvalue weighted by Crippen LogP contribution is -2.52.